The molecule has 0 bridgehead atoms. The van der Waals surface area contributed by atoms with Gasteiger partial charge in [-0.3, -0.25) is 4.79 Å². The van der Waals surface area contributed by atoms with Gasteiger partial charge >= 0.3 is 0 Å². The van der Waals surface area contributed by atoms with E-state index in [2.05, 4.69) is 17.8 Å². The largest absolute Gasteiger partial charge is 0.390 e. The molecular formula is C25H36N2O2. The van der Waals surface area contributed by atoms with Crippen LogP contribution in [0.4, 0.5) is 0 Å². The van der Waals surface area contributed by atoms with Gasteiger partial charge in [0.05, 0.1) is 24.5 Å². The summed E-state index contributed by atoms with van der Waals surface area (Å²) in [6.45, 7) is 4.93. The molecule has 0 spiro atoms. The summed E-state index contributed by atoms with van der Waals surface area (Å²) in [4.78, 5) is 19.1. The molecular weight excluding hydrogens is 360 g/mol. The van der Waals surface area contributed by atoms with Crippen molar-refractivity contribution in [1.82, 2.24) is 4.90 Å². The fourth-order valence-electron chi connectivity index (χ4n) is 8.31. The number of ketones is 1. The summed E-state index contributed by atoms with van der Waals surface area (Å²) >= 11 is 0. The van der Waals surface area contributed by atoms with Crippen LogP contribution in [-0.4, -0.2) is 33.8 Å². The lowest BCUT2D eigenvalue weighted by Crippen LogP contribution is -2.51. The zero-order valence-electron chi connectivity index (χ0n) is 18.0. The van der Waals surface area contributed by atoms with Crippen molar-refractivity contribution in [3.8, 4) is 0 Å². The Morgan fingerprint density at radius 1 is 1.10 bits per heavy atom. The SMILES string of the molecule is C[C@@]1(O)CC[C@@H]2C3CC[C@@]4(C)C(CC[C@@H]4C(=O)CN4C=C=NC=C4)C3CC[C@H]2C1. The average Bonchev–Trinajstić information content (AvgIpc) is 3.05. The van der Waals surface area contributed by atoms with Crippen LogP contribution in [0, 0.1) is 40.9 Å². The zero-order valence-corrected chi connectivity index (χ0v) is 18.0. The molecule has 4 heteroatoms. The lowest BCUT2D eigenvalue weighted by atomic mass is 9.49. The van der Waals surface area contributed by atoms with Crippen LogP contribution in [0.5, 0.6) is 0 Å². The van der Waals surface area contributed by atoms with Gasteiger partial charge in [0.15, 0.2) is 5.78 Å². The predicted molar refractivity (Wildman–Crippen MR) is 114 cm³/mol. The maximum atomic E-state index is 13.3. The molecule has 158 valence electrons. The number of hydrogen-bond acceptors (Lipinski definition) is 4. The number of carbonyl (C=O) groups is 1. The van der Waals surface area contributed by atoms with Crippen LogP contribution < -0.4 is 0 Å². The standard InChI is InChI=1S/C25H36N2O2/c1-24(29)9-7-18-17(15-24)3-4-20-19(18)8-10-25(2)21(20)5-6-22(25)23(28)16-27-13-11-26-12-14-27/h11,13-14,17-22,29H,3-10,15-16H2,1-2H3/t17-,18-,19?,20?,21?,22+,24+,25-/m0/s1. The quantitative estimate of drug-likeness (QED) is 0.762. The molecule has 3 unspecified atom stereocenters. The minimum absolute atomic E-state index is 0.183. The van der Waals surface area contributed by atoms with Gasteiger partial charge in [-0.25, -0.2) is 4.99 Å². The van der Waals surface area contributed by atoms with Crippen LogP contribution in [0.15, 0.2) is 23.6 Å². The molecule has 4 aliphatic carbocycles. The Kier molecular flexibility index (Phi) is 4.79. The van der Waals surface area contributed by atoms with Crippen LogP contribution in [-0.2, 0) is 4.79 Å². The first-order valence-corrected chi connectivity index (χ1v) is 11.8. The Bertz CT molecular complexity index is 765. The van der Waals surface area contributed by atoms with Gasteiger partial charge in [-0.15, -0.1) is 0 Å². The Labute approximate surface area is 175 Å². The van der Waals surface area contributed by atoms with Gasteiger partial charge in [-0.05, 0) is 99.7 Å². The van der Waals surface area contributed by atoms with E-state index in [9.17, 15) is 9.90 Å². The summed E-state index contributed by atoms with van der Waals surface area (Å²) in [6, 6.07) is 0. The topological polar surface area (TPSA) is 52.9 Å². The second-order valence-corrected chi connectivity index (χ2v) is 11.2. The number of fused-ring (bicyclic) bond motifs is 5. The first-order valence-electron chi connectivity index (χ1n) is 11.8. The highest BCUT2D eigenvalue weighted by molar-refractivity contribution is 5.84. The van der Waals surface area contributed by atoms with E-state index in [1.807, 2.05) is 18.0 Å². The number of rotatable bonds is 3. The van der Waals surface area contributed by atoms with Gasteiger partial charge in [0.25, 0.3) is 0 Å². The molecule has 0 radical (unpaired) electrons. The van der Waals surface area contributed by atoms with Crippen molar-refractivity contribution in [3.05, 3.63) is 18.6 Å². The Hall–Kier alpha value is -1.38. The zero-order chi connectivity index (χ0) is 20.2. The second-order valence-electron chi connectivity index (χ2n) is 11.2. The third-order valence-electron chi connectivity index (χ3n) is 9.59. The van der Waals surface area contributed by atoms with Crippen LogP contribution >= 0.6 is 0 Å². The summed E-state index contributed by atoms with van der Waals surface area (Å²) in [5.74, 6) is 7.34. The molecule has 8 atom stereocenters. The minimum Gasteiger partial charge on any atom is -0.390 e. The van der Waals surface area contributed by atoms with Crippen molar-refractivity contribution >= 4 is 11.7 Å². The van der Waals surface area contributed by atoms with Gasteiger partial charge in [0, 0.05) is 18.0 Å². The van der Waals surface area contributed by atoms with Crippen molar-refractivity contribution in [3.63, 3.8) is 0 Å². The van der Waals surface area contributed by atoms with Crippen molar-refractivity contribution in [2.24, 2.45) is 45.9 Å². The third kappa shape index (κ3) is 3.33. The molecule has 0 aromatic rings. The van der Waals surface area contributed by atoms with Crippen LogP contribution in [0.1, 0.15) is 71.6 Å². The van der Waals surface area contributed by atoms with Crippen molar-refractivity contribution in [2.75, 3.05) is 6.54 Å². The lowest BCUT2D eigenvalue weighted by Gasteiger charge is -2.56. The summed E-state index contributed by atoms with van der Waals surface area (Å²) in [7, 11) is 0. The maximum Gasteiger partial charge on any atom is 0.156 e. The maximum absolute atomic E-state index is 13.3. The van der Waals surface area contributed by atoms with Crippen molar-refractivity contribution in [1.29, 1.82) is 0 Å². The van der Waals surface area contributed by atoms with E-state index in [1.54, 1.807) is 12.4 Å². The second kappa shape index (κ2) is 7.10. The number of hydrogen-bond donors (Lipinski definition) is 1. The number of nitrogens with zero attached hydrogens (tertiary/aromatic N) is 2. The highest BCUT2D eigenvalue weighted by Gasteiger charge is 2.58. The number of carbonyl (C=O) groups excluding carboxylic acids is 1. The van der Waals surface area contributed by atoms with E-state index in [-0.39, 0.29) is 11.3 Å². The summed E-state index contributed by atoms with van der Waals surface area (Å²) < 4.78 is 0. The molecule has 4 nitrogen and oxygen atoms in total. The molecule has 5 aliphatic rings. The molecule has 0 saturated heterocycles. The van der Waals surface area contributed by atoms with Gasteiger partial charge < -0.3 is 10.0 Å². The molecule has 0 amide bonds. The van der Waals surface area contributed by atoms with E-state index in [0.717, 1.165) is 42.9 Å². The summed E-state index contributed by atoms with van der Waals surface area (Å²) in [5.41, 5.74) is -0.257. The van der Waals surface area contributed by atoms with Crippen LogP contribution in [0.25, 0.3) is 0 Å². The number of Topliss-reactive ketones (excluding diaryl/α,β-unsaturated/α-hetero) is 1. The van der Waals surface area contributed by atoms with E-state index >= 15 is 0 Å². The molecule has 29 heavy (non-hydrogen) atoms. The number of aliphatic imine (C=N–C) groups is 1. The van der Waals surface area contributed by atoms with Gasteiger partial charge in [-0.2, -0.15) is 0 Å². The molecule has 0 aromatic carbocycles. The predicted octanol–water partition coefficient (Wildman–Crippen LogP) is 4.55. The van der Waals surface area contributed by atoms with Gasteiger partial charge in [0.1, 0.15) is 0 Å². The Morgan fingerprint density at radius 3 is 2.72 bits per heavy atom. The van der Waals surface area contributed by atoms with E-state index in [0.29, 0.717) is 18.2 Å². The average molecular weight is 397 g/mol. The third-order valence-corrected chi connectivity index (χ3v) is 9.59. The number of aliphatic hydroxyl groups is 1. The molecule has 1 N–H and O–H groups in total. The van der Waals surface area contributed by atoms with E-state index in [1.165, 1.54) is 38.5 Å². The fourth-order valence-corrected chi connectivity index (χ4v) is 8.31. The first kappa shape index (κ1) is 19.6. The van der Waals surface area contributed by atoms with Crippen LogP contribution in [0.2, 0.25) is 0 Å². The molecule has 4 fully saturated rings. The molecule has 1 heterocycles. The molecule has 1 aliphatic heterocycles. The normalized spacial score (nSPS) is 48.2. The van der Waals surface area contributed by atoms with Gasteiger partial charge in [0.2, 0.25) is 0 Å². The van der Waals surface area contributed by atoms with Crippen molar-refractivity contribution < 1.29 is 9.90 Å². The first-order chi connectivity index (χ1) is 13.9. The lowest BCUT2D eigenvalue weighted by molar-refractivity contribution is -0.132. The molecule has 4 saturated carbocycles. The molecule has 0 aromatic heterocycles. The Morgan fingerprint density at radius 2 is 1.93 bits per heavy atom. The Balaban J connectivity index is 1.30. The van der Waals surface area contributed by atoms with Gasteiger partial charge in [-0.1, -0.05) is 6.92 Å². The highest BCUT2D eigenvalue weighted by Crippen LogP contribution is 2.64. The highest BCUT2D eigenvalue weighted by atomic mass is 16.3. The van der Waals surface area contributed by atoms with Crippen molar-refractivity contribution in [2.45, 2.75) is 77.2 Å². The monoisotopic (exact) mass is 396 g/mol. The van der Waals surface area contributed by atoms with E-state index in [4.69, 9.17) is 0 Å². The van der Waals surface area contributed by atoms with Crippen LogP contribution in [0.3, 0.4) is 0 Å². The summed E-state index contributed by atoms with van der Waals surface area (Å²) in [5, 5.41) is 10.6. The molecule has 5 rings (SSSR count). The smallest absolute Gasteiger partial charge is 0.156 e. The fraction of sp³-hybridized carbons (Fsp3) is 0.800. The summed E-state index contributed by atoms with van der Waals surface area (Å²) in [6.07, 6.45) is 16.0. The van der Waals surface area contributed by atoms with E-state index < -0.39 is 5.60 Å². The minimum atomic E-state index is -0.440.